The fourth-order valence-electron chi connectivity index (χ4n) is 4.07. The molecule has 0 saturated heterocycles. The van der Waals surface area contributed by atoms with E-state index < -0.39 is 0 Å². The molecule has 0 amide bonds. The van der Waals surface area contributed by atoms with Gasteiger partial charge in [0.05, 0.1) is 0 Å². The fraction of sp³-hybridized carbons (Fsp3) is 1.00. The Morgan fingerprint density at radius 1 is 0.895 bits per heavy atom. The minimum atomic E-state index is 0.789. The number of hydrogen-bond acceptors (Lipinski definition) is 1. The summed E-state index contributed by atoms with van der Waals surface area (Å²) in [6.07, 6.45) is 12.7. The van der Waals surface area contributed by atoms with E-state index in [0.29, 0.717) is 0 Å². The van der Waals surface area contributed by atoms with E-state index >= 15 is 0 Å². The standard InChI is InChI=1S/C18H37N/c1-5-9-15-10-12-17(13-11-15)18(19-14-6-2)16(7-3)8-4/h15-19H,5-14H2,1-4H3. The summed E-state index contributed by atoms with van der Waals surface area (Å²) in [5.41, 5.74) is 0. The van der Waals surface area contributed by atoms with E-state index in [4.69, 9.17) is 0 Å². The Balaban J connectivity index is 2.51. The van der Waals surface area contributed by atoms with Crippen molar-refractivity contribution in [2.24, 2.45) is 17.8 Å². The van der Waals surface area contributed by atoms with Crippen molar-refractivity contribution < 1.29 is 0 Å². The second kappa shape index (κ2) is 9.80. The first-order valence-electron chi connectivity index (χ1n) is 9.00. The minimum absolute atomic E-state index is 0.789. The topological polar surface area (TPSA) is 12.0 Å². The largest absolute Gasteiger partial charge is 0.313 e. The summed E-state index contributed by atoms with van der Waals surface area (Å²) in [6, 6.07) is 0.789. The van der Waals surface area contributed by atoms with Crippen LogP contribution in [0.15, 0.2) is 0 Å². The maximum atomic E-state index is 3.89. The van der Waals surface area contributed by atoms with Crippen LogP contribution in [0.5, 0.6) is 0 Å². The van der Waals surface area contributed by atoms with Crippen LogP contribution in [-0.2, 0) is 0 Å². The molecule has 0 aromatic carbocycles. The monoisotopic (exact) mass is 267 g/mol. The van der Waals surface area contributed by atoms with Crippen LogP contribution < -0.4 is 5.32 Å². The first kappa shape index (κ1) is 17.0. The van der Waals surface area contributed by atoms with E-state index in [-0.39, 0.29) is 0 Å². The van der Waals surface area contributed by atoms with Gasteiger partial charge in [-0.05, 0) is 43.6 Å². The highest BCUT2D eigenvalue weighted by molar-refractivity contribution is 4.85. The van der Waals surface area contributed by atoms with Crippen molar-refractivity contribution in [1.29, 1.82) is 0 Å². The molecule has 1 nitrogen and oxygen atoms in total. The van der Waals surface area contributed by atoms with Gasteiger partial charge in [-0.1, -0.05) is 66.2 Å². The average molecular weight is 268 g/mol. The van der Waals surface area contributed by atoms with Crippen LogP contribution in [-0.4, -0.2) is 12.6 Å². The quantitative estimate of drug-likeness (QED) is 0.590. The first-order valence-corrected chi connectivity index (χ1v) is 9.00. The third-order valence-corrected chi connectivity index (χ3v) is 5.28. The highest BCUT2D eigenvalue weighted by Crippen LogP contribution is 2.36. The predicted molar refractivity (Wildman–Crippen MR) is 86.5 cm³/mol. The first-order chi connectivity index (χ1) is 9.26. The van der Waals surface area contributed by atoms with Gasteiger partial charge in [-0.2, -0.15) is 0 Å². The van der Waals surface area contributed by atoms with Gasteiger partial charge in [0, 0.05) is 6.04 Å². The van der Waals surface area contributed by atoms with Crippen LogP contribution in [0.2, 0.25) is 0 Å². The zero-order valence-corrected chi connectivity index (χ0v) is 13.9. The predicted octanol–water partition coefficient (Wildman–Crippen LogP) is 5.40. The molecule has 19 heavy (non-hydrogen) atoms. The molecule has 1 rings (SSSR count). The van der Waals surface area contributed by atoms with Crippen molar-refractivity contribution in [3.63, 3.8) is 0 Å². The smallest absolute Gasteiger partial charge is 0.0123 e. The molecule has 0 bridgehead atoms. The lowest BCUT2D eigenvalue weighted by molar-refractivity contribution is 0.167. The summed E-state index contributed by atoms with van der Waals surface area (Å²) in [7, 11) is 0. The van der Waals surface area contributed by atoms with Gasteiger partial charge >= 0.3 is 0 Å². The average Bonchev–Trinajstić information content (AvgIpc) is 2.45. The zero-order valence-electron chi connectivity index (χ0n) is 13.9. The molecule has 1 unspecified atom stereocenters. The summed E-state index contributed by atoms with van der Waals surface area (Å²) in [6.45, 7) is 10.6. The van der Waals surface area contributed by atoms with Gasteiger partial charge in [0.15, 0.2) is 0 Å². The molecule has 1 aliphatic carbocycles. The summed E-state index contributed by atoms with van der Waals surface area (Å²) in [5, 5.41) is 3.89. The summed E-state index contributed by atoms with van der Waals surface area (Å²) < 4.78 is 0. The van der Waals surface area contributed by atoms with Crippen LogP contribution in [0.25, 0.3) is 0 Å². The van der Waals surface area contributed by atoms with Crippen molar-refractivity contribution in [1.82, 2.24) is 5.32 Å². The van der Waals surface area contributed by atoms with Crippen LogP contribution in [0.1, 0.15) is 85.5 Å². The van der Waals surface area contributed by atoms with Gasteiger partial charge in [0.2, 0.25) is 0 Å². The molecule has 1 saturated carbocycles. The molecule has 1 fully saturated rings. The van der Waals surface area contributed by atoms with E-state index in [1.165, 1.54) is 64.3 Å². The molecule has 0 heterocycles. The molecule has 1 heteroatoms. The van der Waals surface area contributed by atoms with Crippen molar-refractivity contribution in [2.75, 3.05) is 6.54 Å². The second-order valence-corrected chi connectivity index (χ2v) is 6.63. The second-order valence-electron chi connectivity index (χ2n) is 6.63. The van der Waals surface area contributed by atoms with Gasteiger partial charge in [-0.15, -0.1) is 0 Å². The molecule has 1 N–H and O–H groups in total. The highest BCUT2D eigenvalue weighted by atomic mass is 14.9. The SMILES string of the molecule is CCCNC(C(CC)CC)C1CCC(CCC)CC1. The highest BCUT2D eigenvalue weighted by Gasteiger charge is 2.30. The van der Waals surface area contributed by atoms with Crippen molar-refractivity contribution >= 4 is 0 Å². The molecule has 0 aromatic rings. The third-order valence-electron chi connectivity index (χ3n) is 5.28. The normalized spacial score (nSPS) is 25.7. The number of hydrogen-bond donors (Lipinski definition) is 1. The Morgan fingerprint density at radius 3 is 2.00 bits per heavy atom. The fourth-order valence-corrected chi connectivity index (χ4v) is 4.07. The summed E-state index contributed by atoms with van der Waals surface area (Å²) >= 11 is 0. The lowest BCUT2D eigenvalue weighted by atomic mass is 9.73. The molecule has 0 radical (unpaired) electrons. The number of rotatable bonds is 9. The molecule has 1 aliphatic rings. The Morgan fingerprint density at radius 2 is 1.53 bits per heavy atom. The van der Waals surface area contributed by atoms with Gasteiger partial charge in [-0.3, -0.25) is 0 Å². The van der Waals surface area contributed by atoms with Gasteiger partial charge in [-0.25, -0.2) is 0 Å². The van der Waals surface area contributed by atoms with E-state index in [9.17, 15) is 0 Å². The van der Waals surface area contributed by atoms with E-state index in [2.05, 4.69) is 33.0 Å². The minimum Gasteiger partial charge on any atom is -0.313 e. The van der Waals surface area contributed by atoms with Gasteiger partial charge in [0.1, 0.15) is 0 Å². The molecule has 114 valence electrons. The van der Waals surface area contributed by atoms with Crippen LogP contribution in [0, 0.1) is 17.8 Å². The molecular weight excluding hydrogens is 230 g/mol. The van der Waals surface area contributed by atoms with Crippen molar-refractivity contribution in [3.05, 3.63) is 0 Å². The third kappa shape index (κ3) is 5.45. The Labute approximate surface area is 121 Å². The Hall–Kier alpha value is -0.0400. The Kier molecular flexibility index (Phi) is 8.77. The Bertz CT molecular complexity index is 202. The van der Waals surface area contributed by atoms with E-state index in [0.717, 1.165) is 23.8 Å². The van der Waals surface area contributed by atoms with E-state index in [1.54, 1.807) is 0 Å². The maximum absolute atomic E-state index is 3.89. The number of nitrogens with one attached hydrogen (secondary N) is 1. The molecule has 0 aromatic heterocycles. The van der Waals surface area contributed by atoms with Crippen LogP contribution in [0.3, 0.4) is 0 Å². The lowest BCUT2D eigenvalue weighted by Gasteiger charge is -2.38. The molecule has 0 aliphatic heterocycles. The molecular formula is C18H37N. The lowest BCUT2D eigenvalue weighted by Crippen LogP contribution is -2.43. The van der Waals surface area contributed by atoms with E-state index in [1.807, 2.05) is 0 Å². The molecule has 0 spiro atoms. The maximum Gasteiger partial charge on any atom is 0.0123 e. The summed E-state index contributed by atoms with van der Waals surface area (Å²) in [5.74, 6) is 2.87. The van der Waals surface area contributed by atoms with Crippen molar-refractivity contribution in [2.45, 2.75) is 91.5 Å². The molecule has 1 atom stereocenters. The van der Waals surface area contributed by atoms with Crippen LogP contribution in [0.4, 0.5) is 0 Å². The summed E-state index contributed by atoms with van der Waals surface area (Å²) in [4.78, 5) is 0. The zero-order chi connectivity index (χ0) is 14.1. The van der Waals surface area contributed by atoms with Crippen molar-refractivity contribution in [3.8, 4) is 0 Å². The van der Waals surface area contributed by atoms with Gasteiger partial charge in [0.25, 0.3) is 0 Å². The van der Waals surface area contributed by atoms with Crippen LogP contribution >= 0.6 is 0 Å². The van der Waals surface area contributed by atoms with Gasteiger partial charge < -0.3 is 5.32 Å².